The third kappa shape index (κ3) is 3.06. The van der Waals surface area contributed by atoms with Gasteiger partial charge < -0.3 is 20.7 Å². The third-order valence-electron chi connectivity index (χ3n) is 4.25. The zero-order valence-electron chi connectivity index (χ0n) is 12.8. The molecule has 0 aliphatic carbocycles. The molecule has 118 valence electrons. The number of hydrogen-bond donors (Lipinski definition) is 3. The van der Waals surface area contributed by atoms with Crippen molar-refractivity contribution in [3.05, 3.63) is 12.3 Å². The van der Waals surface area contributed by atoms with Crippen LogP contribution in [-0.2, 0) is 4.74 Å². The van der Waals surface area contributed by atoms with Gasteiger partial charge in [-0.05, 0) is 13.0 Å². The van der Waals surface area contributed by atoms with Gasteiger partial charge in [0.05, 0.1) is 13.2 Å². The molecule has 0 saturated carbocycles. The molecular weight excluding hydrogens is 268 g/mol. The monoisotopic (exact) mass is 294 g/mol. The molecule has 2 saturated heterocycles. The van der Waals surface area contributed by atoms with Crippen molar-refractivity contribution in [2.24, 2.45) is 4.99 Å². The maximum Gasteiger partial charge on any atom is 0.198 e. The summed E-state index contributed by atoms with van der Waals surface area (Å²) in [5.41, 5.74) is 0. The van der Waals surface area contributed by atoms with Crippen molar-refractivity contribution < 1.29 is 4.74 Å². The van der Waals surface area contributed by atoms with Crippen molar-refractivity contribution in [3.63, 3.8) is 0 Å². The van der Waals surface area contributed by atoms with Crippen LogP contribution >= 0.6 is 0 Å². The Kier molecular flexibility index (Phi) is 4.74. The lowest BCUT2D eigenvalue weighted by Gasteiger charge is -2.53. The Bertz CT molecular complexity index is 380. The van der Waals surface area contributed by atoms with E-state index in [-0.39, 0.29) is 5.79 Å². The molecule has 0 spiro atoms. The second-order valence-corrected chi connectivity index (χ2v) is 5.49. The Balaban J connectivity index is 1.87. The minimum atomic E-state index is -0.287. The Morgan fingerprint density at radius 3 is 2.62 bits per heavy atom. The van der Waals surface area contributed by atoms with Crippen LogP contribution in [0.2, 0.25) is 0 Å². The molecule has 3 N–H and O–H groups in total. The van der Waals surface area contributed by atoms with E-state index in [9.17, 15) is 0 Å². The molecule has 7 nitrogen and oxygen atoms in total. The first-order valence-corrected chi connectivity index (χ1v) is 7.90. The van der Waals surface area contributed by atoms with Crippen LogP contribution in [0.5, 0.6) is 0 Å². The van der Waals surface area contributed by atoms with Gasteiger partial charge in [-0.3, -0.25) is 14.8 Å². The van der Waals surface area contributed by atoms with Crippen LogP contribution in [0.25, 0.3) is 0 Å². The van der Waals surface area contributed by atoms with E-state index >= 15 is 0 Å². The standard InChI is InChI=1S/C14H26N6O/c1-2-16-13-17-4-3-14(18-13,19-7-5-15-6-8-19)20-9-11-21-12-10-20/h3-4,15H,2,5-12H2,1H3,(H2,16,17,18). The summed E-state index contributed by atoms with van der Waals surface area (Å²) in [7, 11) is 0. The highest BCUT2D eigenvalue weighted by atomic mass is 16.5. The quantitative estimate of drug-likeness (QED) is 0.618. The summed E-state index contributed by atoms with van der Waals surface area (Å²) in [5.74, 6) is 0.565. The molecule has 0 aromatic heterocycles. The number of ether oxygens (including phenoxy) is 1. The highest BCUT2D eigenvalue weighted by Gasteiger charge is 2.43. The van der Waals surface area contributed by atoms with E-state index in [1.54, 1.807) is 0 Å². The van der Waals surface area contributed by atoms with E-state index < -0.39 is 0 Å². The van der Waals surface area contributed by atoms with Crippen molar-refractivity contribution in [1.29, 1.82) is 0 Å². The summed E-state index contributed by atoms with van der Waals surface area (Å²) in [6, 6.07) is 0. The van der Waals surface area contributed by atoms with Crippen molar-refractivity contribution in [2.75, 3.05) is 59.0 Å². The fraction of sp³-hybridized carbons (Fsp3) is 0.786. The van der Waals surface area contributed by atoms with Gasteiger partial charge in [-0.2, -0.15) is 0 Å². The zero-order chi connectivity index (χ0) is 14.5. The Morgan fingerprint density at radius 2 is 1.90 bits per heavy atom. The number of rotatable bonds is 3. The SMILES string of the molecule is CCN=C1NC=CC(N2CCNCC2)(N2CCOCC2)N1. The molecule has 0 radical (unpaired) electrons. The van der Waals surface area contributed by atoms with E-state index in [4.69, 9.17) is 4.74 Å². The van der Waals surface area contributed by atoms with Crippen molar-refractivity contribution in [3.8, 4) is 0 Å². The lowest BCUT2D eigenvalue weighted by Crippen LogP contribution is -2.75. The number of guanidine groups is 1. The van der Waals surface area contributed by atoms with Crippen LogP contribution in [0.4, 0.5) is 0 Å². The summed E-state index contributed by atoms with van der Waals surface area (Å²) in [4.78, 5) is 9.47. The first-order valence-electron chi connectivity index (χ1n) is 7.90. The van der Waals surface area contributed by atoms with E-state index in [0.717, 1.165) is 65.0 Å². The number of aliphatic imine (C=N–C) groups is 1. The van der Waals surface area contributed by atoms with E-state index in [1.165, 1.54) is 0 Å². The topological polar surface area (TPSA) is 64.2 Å². The minimum absolute atomic E-state index is 0.287. The predicted octanol–water partition coefficient (Wildman–Crippen LogP) is -1.04. The predicted molar refractivity (Wildman–Crippen MR) is 83.0 cm³/mol. The smallest absolute Gasteiger partial charge is 0.198 e. The summed E-state index contributed by atoms with van der Waals surface area (Å²) < 4.78 is 5.53. The summed E-state index contributed by atoms with van der Waals surface area (Å²) in [5, 5.41) is 10.3. The van der Waals surface area contributed by atoms with Gasteiger partial charge in [-0.15, -0.1) is 0 Å². The van der Waals surface area contributed by atoms with Gasteiger partial charge >= 0.3 is 0 Å². The van der Waals surface area contributed by atoms with Gasteiger partial charge in [-0.1, -0.05) is 0 Å². The largest absolute Gasteiger partial charge is 0.379 e. The highest BCUT2D eigenvalue weighted by molar-refractivity contribution is 5.82. The fourth-order valence-corrected chi connectivity index (χ4v) is 3.21. The van der Waals surface area contributed by atoms with Gasteiger partial charge in [0.15, 0.2) is 11.7 Å². The highest BCUT2D eigenvalue weighted by Crippen LogP contribution is 2.23. The summed E-state index contributed by atoms with van der Waals surface area (Å²) in [6.45, 7) is 10.3. The zero-order valence-corrected chi connectivity index (χ0v) is 12.8. The maximum absolute atomic E-state index is 5.53. The Hall–Kier alpha value is -1.15. The van der Waals surface area contributed by atoms with Crippen LogP contribution in [0.3, 0.4) is 0 Å². The minimum Gasteiger partial charge on any atom is -0.379 e. The Labute approximate surface area is 126 Å². The maximum atomic E-state index is 5.53. The number of morpholine rings is 1. The molecule has 2 fully saturated rings. The lowest BCUT2D eigenvalue weighted by atomic mass is 10.1. The second-order valence-electron chi connectivity index (χ2n) is 5.49. The number of nitrogens with one attached hydrogen (secondary N) is 3. The Morgan fingerprint density at radius 1 is 1.19 bits per heavy atom. The fourth-order valence-electron chi connectivity index (χ4n) is 3.21. The summed E-state index contributed by atoms with van der Waals surface area (Å²) >= 11 is 0. The second kappa shape index (κ2) is 6.74. The van der Waals surface area contributed by atoms with Crippen LogP contribution in [-0.4, -0.2) is 80.6 Å². The molecule has 0 aromatic rings. The van der Waals surface area contributed by atoms with Gasteiger partial charge in [0, 0.05) is 52.0 Å². The molecule has 0 aromatic carbocycles. The van der Waals surface area contributed by atoms with E-state index in [0.29, 0.717) is 0 Å². The molecule has 0 bridgehead atoms. The average Bonchev–Trinajstić information content (AvgIpc) is 2.57. The molecule has 3 rings (SSSR count). The van der Waals surface area contributed by atoms with Crippen molar-refractivity contribution >= 4 is 5.96 Å². The molecule has 3 heterocycles. The van der Waals surface area contributed by atoms with Crippen LogP contribution < -0.4 is 16.0 Å². The molecule has 7 heteroatoms. The van der Waals surface area contributed by atoms with Crippen molar-refractivity contribution in [2.45, 2.75) is 12.7 Å². The number of piperazine rings is 1. The normalized spacial score (nSPS) is 33.7. The lowest BCUT2D eigenvalue weighted by molar-refractivity contribution is -0.0883. The van der Waals surface area contributed by atoms with Crippen molar-refractivity contribution in [1.82, 2.24) is 25.8 Å². The van der Waals surface area contributed by atoms with Crippen LogP contribution in [0, 0.1) is 0 Å². The van der Waals surface area contributed by atoms with Gasteiger partial charge in [0.2, 0.25) is 0 Å². The van der Waals surface area contributed by atoms with Crippen LogP contribution in [0.15, 0.2) is 17.3 Å². The first-order chi connectivity index (χ1) is 10.3. The third-order valence-corrected chi connectivity index (χ3v) is 4.25. The summed E-state index contributed by atoms with van der Waals surface area (Å²) in [6.07, 6.45) is 4.24. The molecule has 1 atom stereocenters. The molecule has 3 aliphatic heterocycles. The molecular formula is C14H26N6O. The van der Waals surface area contributed by atoms with E-state index in [1.807, 2.05) is 6.20 Å². The first kappa shape index (κ1) is 14.8. The molecule has 0 amide bonds. The van der Waals surface area contributed by atoms with Crippen LogP contribution in [0.1, 0.15) is 6.92 Å². The van der Waals surface area contributed by atoms with E-state index in [2.05, 4.69) is 43.7 Å². The van der Waals surface area contributed by atoms with Gasteiger partial charge in [0.1, 0.15) is 0 Å². The number of nitrogens with zero attached hydrogens (tertiary/aromatic N) is 3. The average molecular weight is 294 g/mol. The molecule has 21 heavy (non-hydrogen) atoms. The molecule has 3 aliphatic rings. The molecule has 1 unspecified atom stereocenters. The van der Waals surface area contributed by atoms with Gasteiger partial charge in [0.25, 0.3) is 0 Å². The van der Waals surface area contributed by atoms with Gasteiger partial charge in [-0.25, -0.2) is 0 Å². The number of hydrogen-bond acceptors (Lipinski definition) is 5.